The maximum Gasteiger partial charge on any atom is 0.0535 e. The Bertz CT molecular complexity index is 499. The Labute approximate surface area is 108 Å². The van der Waals surface area contributed by atoms with Crippen LogP contribution in [0.25, 0.3) is 0 Å². The third-order valence-electron chi connectivity index (χ3n) is 3.70. The normalized spacial score (nSPS) is 16.7. The molecule has 0 bridgehead atoms. The lowest BCUT2D eigenvalue weighted by molar-refractivity contribution is 0.480. The zero-order chi connectivity index (χ0) is 12.4. The standard InChI is InChI=1S/C15H19N3/c1-11-14(10-17-18-11)9-16-15(13-7-8-13)12-5-3-2-4-6-12/h2-6,10,13,15-16H,7-9H2,1H3,(H,17,18). The molecule has 1 fully saturated rings. The first-order valence-corrected chi connectivity index (χ1v) is 6.62. The summed E-state index contributed by atoms with van der Waals surface area (Å²) in [6.45, 7) is 2.96. The Morgan fingerprint density at radius 2 is 2.11 bits per heavy atom. The maximum absolute atomic E-state index is 4.07. The second-order valence-electron chi connectivity index (χ2n) is 5.13. The highest BCUT2D eigenvalue weighted by atomic mass is 15.1. The Kier molecular flexibility index (Phi) is 3.15. The quantitative estimate of drug-likeness (QED) is 0.845. The smallest absolute Gasteiger partial charge is 0.0535 e. The number of nitrogens with one attached hydrogen (secondary N) is 2. The molecule has 1 aliphatic carbocycles. The molecule has 1 atom stereocenters. The van der Waals surface area contributed by atoms with E-state index >= 15 is 0 Å². The van der Waals surface area contributed by atoms with Crippen molar-refractivity contribution in [2.45, 2.75) is 32.4 Å². The van der Waals surface area contributed by atoms with Crippen molar-refractivity contribution in [2.24, 2.45) is 5.92 Å². The summed E-state index contributed by atoms with van der Waals surface area (Å²) in [4.78, 5) is 0. The summed E-state index contributed by atoms with van der Waals surface area (Å²) >= 11 is 0. The third kappa shape index (κ3) is 2.46. The second-order valence-corrected chi connectivity index (χ2v) is 5.13. The van der Waals surface area contributed by atoms with Crippen molar-refractivity contribution >= 4 is 0 Å². The van der Waals surface area contributed by atoms with Crippen LogP contribution in [0.3, 0.4) is 0 Å². The molecular weight excluding hydrogens is 222 g/mol. The molecule has 0 aliphatic heterocycles. The van der Waals surface area contributed by atoms with Crippen LogP contribution in [-0.2, 0) is 6.54 Å². The highest BCUT2D eigenvalue weighted by Gasteiger charge is 2.31. The minimum atomic E-state index is 0.487. The first kappa shape index (κ1) is 11.5. The number of aromatic amines is 1. The van der Waals surface area contributed by atoms with Gasteiger partial charge in [-0.05, 0) is 31.2 Å². The lowest BCUT2D eigenvalue weighted by Gasteiger charge is -2.18. The van der Waals surface area contributed by atoms with Crippen molar-refractivity contribution in [3.8, 4) is 0 Å². The predicted molar refractivity (Wildman–Crippen MR) is 72.1 cm³/mol. The molecule has 3 rings (SSSR count). The Morgan fingerprint density at radius 3 is 2.72 bits per heavy atom. The van der Waals surface area contributed by atoms with E-state index in [4.69, 9.17) is 0 Å². The minimum Gasteiger partial charge on any atom is -0.305 e. The molecular formula is C15H19N3. The largest absolute Gasteiger partial charge is 0.305 e. The van der Waals surface area contributed by atoms with Gasteiger partial charge in [-0.3, -0.25) is 5.10 Å². The van der Waals surface area contributed by atoms with Gasteiger partial charge >= 0.3 is 0 Å². The zero-order valence-corrected chi connectivity index (χ0v) is 10.7. The Balaban J connectivity index is 1.70. The van der Waals surface area contributed by atoms with Gasteiger partial charge in [0.05, 0.1) is 6.20 Å². The Hall–Kier alpha value is -1.61. The summed E-state index contributed by atoms with van der Waals surface area (Å²) in [5.74, 6) is 0.805. The molecule has 3 nitrogen and oxygen atoms in total. The number of aryl methyl sites for hydroxylation is 1. The predicted octanol–water partition coefficient (Wildman–Crippen LogP) is 2.96. The summed E-state index contributed by atoms with van der Waals surface area (Å²) in [7, 11) is 0. The van der Waals surface area contributed by atoms with E-state index in [0.29, 0.717) is 6.04 Å². The molecule has 3 heteroatoms. The van der Waals surface area contributed by atoms with E-state index in [-0.39, 0.29) is 0 Å². The number of hydrogen-bond donors (Lipinski definition) is 2. The summed E-state index contributed by atoms with van der Waals surface area (Å²) in [5, 5.41) is 10.7. The molecule has 0 saturated heterocycles. The molecule has 1 saturated carbocycles. The highest BCUT2D eigenvalue weighted by molar-refractivity contribution is 5.22. The Morgan fingerprint density at radius 1 is 1.33 bits per heavy atom. The van der Waals surface area contributed by atoms with Crippen LogP contribution >= 0.6 is 0 Å². The van der Waals surface area contributed by atoms with Crippen LogP contribution in [-0.4, -0.2) is 10.2 Å². The fraction of sp³-hybridized carbons (Fsp3) is 0.400. The van der Waals surface area contributed by atoms with Crippen molar-refractivity contribution < 1.29 is 0 Å². The van der Waals surface area contributed by atoms with Crippen molar-refractivity contribution in [3.63, 3.8) is 0 Å². The van der Waals surface area contributed by atoms with E-state index in [2.05, 4.69) is 52.8 Å². The van der Waals surface area contributed by atoms with E-state index in [1.54, 1.807) is 0 Å². The molecule has 0 spiro atoms. The van der Waals surface area contributed by atoms with Gasteiger partial charge in [-0.25, -0.2) is 0 Å². The first-order valence-electron chi connectivity index (χ1n) is 6.62. The summed E-state index contributed by atoms with van der Waals surface area (Å²) in [6, 6.07) is 11.2. The lowest BCUT2D eigenvalue weighted by atomic mass is 10.0. The number of aromatic nitrogens is 2. The lowest BCUT2D eigenvalue weighted by Crippen LogP contribution is -2.22. The van der Waals surface area contributed by atoms with Crippen LogP contribution in [0.5, 0.6) is 0 Å². The van der Waals surface area contributed by atoms with Gasteiger partial charge in [-0.15, -0.1) is 0 Å². The van der Waals surface area contributed by atoms with Gasteiger partial charge in [0, 0.05) is 23.8 Å². The van der Waals surface area contributed by atoms with Gasteiger partial charge in [-0.1, -0.05) is 30.3 Å². The molecule has 2 aromatic rings. The van der Waals surface area contributed by atoms with Gasteiger partial charge in [0.2, 0.25) is 0 Å². The fourth-order valence-electron chi connectivity index (χ4n) is 2.42. The summed E-state index contributed by atoms with van der Waals surface area (Å²) in [6.07, 6.45) is 4.60. The molecule has 1 aromatic heterocycles. The first-order chi connectivity index (χ1) is 8.84. The zero-order valence-electron chi connectivity index (χ0n) is 10.7. The van der Waals surface area contributed by atoms with E-state index < -0.39 is 0 Å². The van der Waals surface area contributed by atoms with E-state index in [1.807, 2.05) is 6.20 Å². The van der Waals surface area contributed by atoms with Crippen molar-refractivity contribution in [1.82, 2.24) is 15.5 Å². The van der Waals surface area contributed by atoms with Crippen LogP contribution in [0.2, 0.25) is 0 Å². The average molecular weight is 241 g/mol. The topological polar surface area (TPSA) is 40.7 Å². The SMILES string of the molecule is Cc1[nH]ncc1CNC(c1ccccc1)C1CC1. The molecule has 1 heterocycles. The molecule has 0 radical (unpaired) electrons. The van der Waals surface area contributed by atoms with Gasteiger partial charge in [0.1, 0.15) is 0 Å². The van der Waals surface area contributed by atoms with Crippen LogP contribution in [0.1, 0.15) is 35.7 Å². The summed E-state index contributed by atoms with van der Waals surface area (Å²) in [5.41, 5.74) is 3.82. The highest BCUT2D eigenvalue weighted by Crippen LogP contribution is 2.41. The van der Waals surface area contributed by atoms with Crippen molar-refractivity contribution in [2.75, 3.05) is 0 Å². The van der Waals surface area contributed by atoms with Crippen molar-refractivity contribution in [3.05, 3.63) is 53.3 Å². The van der Waals surface area contributed by atoms with Gasteiger partial charge < -0.3 is 5.32 Å². The van der Waals surface area contributed by atoms with Crippen molar-refractivity contribution in [1.29, 1.82) is 0 Å². The van der Waals surface area contributed by atoms with E-state index in [0.717, 1.165) is 18.2 Å². The fourth-order valence-corrected chi connectivity index (χ4v) is 2.42. The molecule has 1 aromatic carbocycles. The molecule has 1 unspecified atom stereocenters. The van der Waals surface area contributed by atoms with Crippen LogP contribution in [0.15, 0.2) is 36.5 Å². The third-order valence-corrected chi connectivity index (χ3v) is 3.70. The number of rotatable bonds is 5. The number of nitrogens with zero attached hydrogens (tertiary/aromatic N) is 1. The number of benzene rings is 1. The van der Waals surface area contributed by atoms with Gasteiger partial charge in [0.25, 0.3) is 0 Å². The monoisotopic (exact) mass is 241 g/mol. The van der Waals surface area contributed by atoms with Crippen LogP contribution in [0.4, 0.5) is 0 Å². The summed E-state index contributed by atoms with van der Waals surface area (Å²) < 4.78 is 0. The molecule has 18 heavy (non-hydrogen) atoms. The maximum atomic E-state index is 4.07. The molecule has 0 amide bonds. The number of H-pyrrole nitrogens is 1. The number of hydrogen-bond acceptors (Lipinski definition) is 2. The minimum absolute atomic E-state index is 0.487. The molecule has 2 N–H and O–H groups in total. The second kappa shape index (κ2) is 4.94. The van der Waals surface area contributed by atoms with E-state index in [1.165, 1.54) is 24.0 Å². The van der Waals surface area contributed by atoms with Gasteiger partial charge in [0.15, 0.2) is 0 Å². The molecule has 94 valence electrons. The van der Waals surface area contributed by atoms with Crippen LogP contribution < -0.4 is 5.32 Å². The average Bonchev–Trinajstić information content (AvgIpc) is 3.15. The van der Waals surface area contributed by atoms with Gasteiger partial charge in [-0.2, -0.15) is 5.10 Å². The van der Waals surface area contributed by atoms with E-state index in [9.17, 15) is 0 Å². The molecule has 1 aliphatic rings. The van der Waals surface area contributed by atoms with Crippen LogP contribution in [0, 0.1) is 12.8 Å².